The third-order valence-corrected chi connectivity index (χ3v) is 4.66. The first-order chi connectivity index (χ1) is 13.8. The van der Waals surface area contributed by atoms with E-state index in [0.717, 1.165) is 10.5 Å². The van der Waals surface area contributed by atoms with Gasteiger partial charge in [0.05, 0.1) is 19.9 Å². The minimum absolute atomic E-state index is 0.177. The van der Waals surface area contributed by atoms with Crippen LogP contribution in [0.5, 0.6) is 11.5 Å². The van der Waals surface area contributed by atoms with Crippen molar-refractivity contribution in [3.05, 3.63) is 59.2 Å². The highest BCUT2D eigenvalue weighted by molar-refractivity contribution is 6.39. The molecular formula is C22H22N2O5. The highest BCUT2D eigenvalue weighted by atomic mass is 16.5. The molecule has 1 fully saturated rings. The molecule has 4 amide bonds. The zero-order chi connectivity index (χ0) is 21.1. The summed E-state index contributed by atoms with van der Waals surface area (Å²) in [5.74, 6) is -0.157. The molecule has 3 rings (SSSR count). The second kappa shape index (κ2) is 8.18. The molecule has 0 unspecified atom stereocenters. The van der Waals surface area contributed by atoms with E-state index >= 15 is 0 Å². The molecule has 0 atom stereocenters. The smallest absolute Gasteiger partial charge is 0.335 e. The van der Waals surface area contributed by atoms with Gasteiger partial charge in [0, 0.05) is 5.56 Å². The van der Waals surface area contributed by atoms with Gasteiger partial charge in [-0.25, -0.2) is 9.69 Å². The fourth-order valence-electron chi connectivity index (χ4n) is 3.01. The number of methoxy groups -OCH3 is 2. The first kappa shape index (κ1) is 20.1. The highest BCUT2D eigenvalue weighted by Crippen LogP contribution is 2.29. The third kappa shape index (κ3) is 3.99. The summed E-state index contributed by atoms with van der Waals surface area (Å²) in [4.78, 5) is 38.7. The van der Waals surface area contributed by atoms with Gasteiger partial charge in [-0.05, 0) is 47.9 Å². The van der Waals surface area contributed by atoms with Crippen molar-refractivity contribution in [3.8, 4) is 11.5 Å². The monoisotopic (exact) mass is 394 g/mol. The van der Waals surface area contributed by atoms with E-state index in [4.69, 9.17) is 9.47 Å². The van der Waals surface area contributed by atoms with Gasteiger partial charge >= 0.3 is 6.03 Å². The topological polar surface area (TPSA) is 84.9 Å². The fourth-order valence-corrected chi connectivity index (χ4v) is 3.01. The Labute approximate surface area is 168 Å². The largest absolute Gasteiger partial charge is 0.497 e. The third-order valence-electron chi connectivity index (χ3n) is 4.66. The Kier molecular flexibility index (Phi) is 5.68. The second-order valence-corrected chi connectivity index (χ2v) is 6.81. The van der Waals surface area contributed by atoms with E-state index in [1.807, 2.05) is 12.1 Å². The zero-order valence-corrected chi connectivity index (χ0v) is 16.7. The molecule has 0 radical (unpaired) electrons. The average Bonchev–Trinajstić information content (AvgIpc) is 2.71. The summed E-state index contributed by atoms with van der Waals surface area (Å²) in [6.45, 7) is 4.10. The minimum Gasteiger partial charge on any atom is -0.497 e. The molecule has 0 spiro atoms. The summed E-state index contributed by atoms with van der Waals surface area (Å²) in [6, 6.07) is 11.3. The lowest BCUT2D eigenvalue weighted by Crippen LogP contribution is -2.54. The van der Waals surface area contributed by atoms with E-state index in [-0.39, 0.29) is 5.57 Å². The molecule has 1 aliphatic heterocycles. The van der Waals surface area contributed by atoms with Gasteiger partial charge in [-0.15, -0.1) is 0 Å². The van der Waals surface area contributed by atoms with Gasteiger partial charge in [0.1, 0.15) is 17.1 Å². The van der Waals surface area contributed by atoms with Gasteiger partial charge in [0.25, 0.3) is 11.8 Å². The van der Waals surface area contributed by atoms with E-state index in [9.17, 15) is 14.4 Å². The first-order valence-corrected chi connectivity index (χ1v) is 9.09. The molecule has 0 saturated carbocycles. The first-order valence-electron chi connectivity index (χ1n) is 9.09. The number of imide groups is 2. The normalized spacial score (nSPS) is 15.7. The predicted molar refractivity (Wildman–Crippen MR) is 109 cm³/mol. The quantitative estimate of drug-likeness (QED) is 0.620. The number of urea groups is 1. The lowest BCUT2D eigenvalue weighted by Gasteiger charge is -2.26. The molecule has 1 aliphatic rings. The number of amides is 4. The molecule has 0 bridgehead atoms. The van der Waals surface area contributed by atoms with Crippen LogP contribution >= 0.6 is 0 Å². The maximum absolute atomic E-state index is 13.0. The van der Waals surface area contributed by atoms with Crippen molar-refractivity contribution in [3.63, 3.8) is 0 Å². The van der Waals surface area contributed by atoms with Gasteiger partial charge in [0.2, 0.25) is 0 Å². The molecule has 2 aromatic carbocycles. The summed E-state index contributed by atoms with van der Waals surface area (Å²) in [5, 5.41) is 2.22. The molecule has 1 N–H and O–H groups in total. The van der Waals surface area contributed by atoms with Crippen LogP contribution in [0.1, 0.15) is 30.9 Å². The number of rotatable bonds is 5. The molecule has 7 heteroatoms. The average molecular weight is 394 g/mol. The van der Waals surface area contributed by atoms with Crippen LogP contribution in [0.2, 0.25) is 0 Å². The predicted octanol–water partition coefficient (Wildman–Crippen LogP) is 3.49. The van der Waals surface area contributed by atoms with Crippen molar-refractivity contribution < 1.29 is 23.9 Å². The van der Waals surface area contributed by atoms with E-state index in [1.54, 1.807) is 30.3 Å². The Morgan fingerprint density at radius 2 is 1.66 bits per heavy atom. The number of hydrogen-bond donors (Lipinski definition) is 1. The highest BCUT2D eigenvalue weighted by Gasteiger charge is 2.37. The summed E-state index contributed by atoms with van der Waals surface area (Å²) in [5.41, 5.74) is 1.76. The van der Waals surface area contributed by atoms with Crippen LogP contribution in [0.25, 0.3) is 6.08 Å². The molecule has 1 saturated heterocycles. The Hall–Kier alpha value is -3.61. The molecular weight excluding hydrogens is 372 g/mol. The Morgan fingerprint density at radius 3 is 2.24 bits per heavy atom. The summed E-state index contributed by atoms with van der Waals surface area (Å²) in [7, 11) is 3.00. The maximum Gasteiger partial charge on any atom is 0.335 e. The van der Waals surface area contributed by atoms with Crippen LogP contribution < -0.4 is 19.7 Å². The molecule has 150 valence electrons. The molecule has 0 aromatic heterocycles. The fraction of sp³-hybridized carbons (Fsp3) is 0.227. The van der Waals surface area contributed by atoms with Gasteiger partial charge in [-0.2, -0.15) is 0 Å². The summed E-state index contributed by atoms with van der Waals surface area (Å²) < 4.78 is 10.5. The van der Waals surface area contributed by atoms with Crippen molar-refractivity contribution in [2.75, 3.05) is 19.1 Å². The zero-order valence-electron chi connectivity index (χ0n) is 16.7. The number of carbonyl (C=O) groups is 3. The second-order valence-electron chi connectivity index (χ2n) is 6.81. The van der Waals surface area contributed by atoms with Crippen LogP contribution in [0.4, 0.5) is 10.5 Å². The molecule has 29 heavy (non-hydrogen) atoms. The van der Waals surface area contributed by atoms with Crippen molar-refractivity contribution in [2.24, 2.45) is 0 Å². The minimum atomic E-state index is -0.785. The number of carbonyl (C=O) groups excluding carboxylic acids is 3. The number of nitrogens with one attached hydrogen (secondary N) is 1. The van der Waals surface area contributed by atoms with Crippen molar-refractivity contribution in [1.82, 2.24) is 5.32 Å². The van der Waals surface area contributed by atoms with E-state index in [0.29, 0.717) is 28.7 Å². The van der Waals surface area contributed by atoms with Crippen LogP contribution in [0, 0.1) is 0 Å². The Bertz CT molecular complexity index is 993. The van der Waals surface area contributed by atoms with Gasteiger partial charge in [0.15, 0.2) is 0 Å². The molecule has 7 nitrogen and oxygen atoms in total. The Morgan fingerprint density at radius 1 is 0.966 bits per heavy atom. The van der Waals surface area contributed by atoms with Crippen LogP contribution in [-0.4, -0.2) is 32.1 Å². The van der Waals surface area contributed by atoms with Crippen LogP contribution in [0.15, 0.2) is 48.0 Å². The lowest BCUT2D eigenvalue weighted by molar-refractivity contribution is -0.122. The molecule has 2 aromatic rings. The Balaban J connectivity index is 2.02. The van der Waals surface area contributed by atoms with Crippen molar-refractivity contribution in [1.29, 1.82) is 0 Å². The number of barbiturate groups is 1. The van der Waals surface area contributed by atoms with Crippen molar-refractivity contribution >= 4 is 29.6 Å². The number of benzene rings is 2. The number of hydrogen-bond acceptors (Lipinski definition) is 5. The number of anilines is 1. The summed E-state index contributed by atoms with van der Waals surface area (Å²) in [6.07, 6.45) is 1.39. The lowest BCUT2D eigenvalue weighted by atomic mass is 10.0. The number of ether oxygens (including phenoxy) is 2. The van der Waals surface area contributed by atoms with E-state index < -0.39 is 17.8 Å². The molecule has 0 aliphatic carbocycles. The summed E-state index contributed by atoms with van der Waals surface area (Å²) >= 11 is 0. The van der Waals surface area contributed by atoms with E-state index in [2.05, 4.69) is 19.2 Å². The standard InChI is InChI=1S/C22H22N2O5/c1-13(2)14-5-7-16(8-6-14)24-21(26)18(20(25)23-22(24)27)12-15-11-17(28-3)9-10-19(15)29-4/h5-13H,1-4H3,(H,23,25,27)/b18-12+. The van der Waals surface area contributed by atoms with Gasteiger partial charge in [-0.1, -0.05) is 26.0 Å². The molecule has 1 heterocycles. The SMILES string of the molecule is COc1ccc(OC)c(/C=C2\C(=O)NC(=O)N(c3ccc(C(C)C)cc3)C2=O)c1. The van der Waals surface area contributed by atoms with E-state index in [1.165, 1.54) is 20.3 Å². The van der Waals surface area contributed by atoms with Crippen molar-refractivity contribution in [2.45, 2.75) is 19.8 Å². The maximum atomic E-state index is 13.0. The van der Waals surface area contributed by atoms with Crippen LogP contribution in [0.3, 0.4) is 0 Å². The number of nitrogens with zero attached hydrogens (tertiary/aromatic N) is 1. The van der Waals surface area contributed by atoms with Crippen LogP contribution in [-0.2, 0) is 9.59 Å². The van der Waals surface area contributed by atoms with Gasteiger partial charge < -0.3 is 9.47 Å². The van der Waals surface area contributed by atoms with Gasteiger partial charge in [-0.3, -0.25) is 14.9 Å².